The number of carboxylic acid groups (broad SMARTS) is 1. The lowest BCUT2D eigenvalue weighted by molar-refractivity contribution is -0.142. The van der Waals surface area contributed by atoms with Crippen molar-refractivity contribution < 1.29 is 42.2 Å². The quantitative estimate of drug-likeness (QED) is 0.227. The topological polar surface area (TPSA) is 177 Å². The zero-order valence-electron chi connectivity index (χ0n) is 25.4. The van der Waals surface area contributed by atoms with Crippen molar-refractivity contribution in [1.29, 1.82) is 0 Å². The molecule has 1 aliphatic rings. The van der Waals surface area contributed by atoms with Gasteiger partial charge < -0.3 is 30.5 Å². The fraction of sp³-hybridized carbons (Fsp3) is 0.484. The predicted octanol–water partition coefficient (Wildman–Crippen LogP) is 3.59. The van der Waals surface area contributed by atoms with E-state index in [9.17, 15) is 32.7 Å². The first kappa shape index (κ1) is 34.4. The van der Waals surface area contributed by atoms with Crippen LogP contribution < -0.4 is 16.0 Å². The van der Waals surface area contributed by atoms with Gasteiger partial charge in [-0.3, -0.25) is 4.79 Å². The van der Waals surface area contributed by atoms with Crippen LogP contribution in [0.4, 0.5) is 9.59 Å². The van der Waals surface area contributed by atoms with Gasteiger partial charge in [0.05, 0.1) is 5.75 Å². The molecule has 2 atom stereocenters. The Bertz CT molecular complexity index is 1410. The van der Waals surface area contributed by atoms with Crippen molar-refractivity contribution in [3.8, 4) is 11.1 Å². The summed E-state index contributed by atoms with van der Waals surface area (Å²) >= 11 is 0. The second-order valence-corrected chi connectivity index (χ2v) is 14.0. The number of hydrogen-bond acceptors (Lipinski definition) is 8. The van der Waals surface area contributed by atoms with E-state index in [-0.39, 0.29) is 31.9 Å². The van der Waals surface area contributed by atoms with E-state index < -0.39 is 57.3 Å². The van der Waals surface area contributed by atoms with E-state index in [0.717, 1.165) is 28.5 Å². The summed E-state index contributed by atoms with van der Waals surface area (Å²) in [6, 6.07) is 12.9. The first-order valence-corrected chi connectivity index (χ1v) is 16.5. The standard InChI is InChI=1S/C31H41N3O9S/c1-31(2,3)43-29(38)32-17-10-9-15-26(28(36)37)33-27(35)25(16-18-44(4,40)41)34-30(39)42-19-24-22-13-7-5-11-20(22)21-12-6-8-14-23(21)24/h5-8,11-14,24-26H,9-10,15-19H2,1-4H3,(H,32,38)(H,33,35)(H,34,39)(H,36,37)/t25-,26-/m0/s1. The number of alkyl carbamates (subject to hydrolysis) is 2. The van der Waals surface area contributed by atoms with Gasteiger partial charge in [-0.15, -0.1) is 0 Å². The van der Waals surface area contributed by atoms with Crippen LogP contribution in [0.2, 0.25) is 0 Å². The fourth-order valence-corrected chi connectivity index (χ4v) is 5.55. The average molecular weight is 632 g/mol. The highest BCUT2D eigenvalue weighted by Gasteiger charge is 2.31. The molecular weight excluding hydrogens is 590 g/mol. The number of sulfone groups is 1. The molecule has 44 heavy (non-hydrogen) atoms. The summed E-state index contributed by atoms with van der Waals surface area (Å²) < 4.78 is 34.3. The Kier molecular flexibility index (Phi) is 11.7. The van der Waals surface area contributed by atoms with Gasteiger partial charge in [-0.2, -0.15) is 0 Å². The molecule has 0 fully saturated rings. The smallest absolute Gasteiger partial charge is 0.407 e. The van der Waals surface area contributed by atoms with Crippen molar-refractivity contribution in [3.63, 3.8) is 0 Å². The van der Waals surface area contributed by atoms with E-state index in [0.29, 0.717) is 12.8 Å². The maximum Gasteiger partial charge on any atom is 0.407 e. The second kappa shape index (κ2) is 15.0. The summed E-state index contributed by atoms with van der Waals surface area (Å²) in [5.41, 5.74) is 3.44. The third-order valence-corrected chi connectivity index (χ3v) is 7.91. The number of nitrogens with one attached hydrogen (secondary N) is 3. The summed E-state index contributed by atoms with van der Waals surface area (Å²) in [5.74, 6) is -2.77. The van der Waals surface area contributed by atoms with Crippen molar-refractivity contribution in [3.05, 3.63) is 59.7 Å². The summed E-state index contributed by atoms with van der Waals surface area (Å²) in [5, 5.41) is 17.1. The molecule has 3 amide bonds. The number of unbranched alkanes of at least 4 members (excludes halogenated alkanes) is 1. The molecule has 13 heteroatoms. The highest BCUT2D eigenvalue weighted by Crippen LogP contribution is 2.44. The molecule has 0 aliphatic heterocycles. The van der Waals surface area contributed by atoms with E-state index in [4.69, 9.17) is 9.47 Å². The number of hydrogen-bond donors (Lipinski definition) is 4. The SMILES string of the molecule is CC(C)(C)OC(=O)NCCCC[C@H](NC(=O)[C@H](CCS(C)(=O)=O)NC(=O)OCC1c2ccccc2-c2ccccc21)C(=O)O. The molecule has 0 bridgehead atoms. The number of amides is 3. The number of benzene rings is 2. The van der Waals surface area contributed by atoms with Gasteiger partial charge >= 0.3 is 18.2 Å². The molecule has 2 aromatic rings. The van der Waals surface area contributed by atoms with Gasteiger partial charge in [-0.25, -0.2) is 22.8 Å². The highest BCUT2D eigenvalue weighted by atomic mass is 32.2. The largest absolute Gasteiger partial charge is 0.480 e. The molecule has 0 saturated carbocycles. The fourth-order valence-electron chi connectivity index (χ4n) is 4.89. The van der Waals surface area contributed by atoms with Gasteiger partial charge in [-0.1, -0.05) is 48.5 Å². The lowest BCUT2D eigenvalue weighted by Gasteiger charge is -2.22. The average Bonchev–Trinajstić information content (AvgIpc) is 3.25. The third kappa shape index (κ3) is 10.5. The van der Waals surface area contributed by atoms with Crippen molar-refractivity contribution >= 4 is 33.9 Å². The molecule has 0 radical (unpaired) electrons. The van der Waals surface area contributed by atoms with Crippen LogP contribution in [0.5, 0.6) is 0 Å². The monoisotopic (exact) mass is 631 g/mol. The molecular formula is C31H41N3O9S. The van der Waals surface area contributed by atoms with Crippen molar-refractivity contribution in [1.82, 2.24) is 16.0 Å². The summed E-state index contributed by atoms with van der Waals surface area (Å²) in [7, 11) is -3.50. The van der Waals surface area contributed by atoms with E-state index in [1.807, 2.05) is 48.5 Å². The summed E-state index contributed by atoms with van der Waals surface area (Å²) in [6.07, 6.45) is 0.0202. The Labute approximate surface area is 257 Å². The third-order valence-electron chi connectivity index (χ3n) is 6.93. The highest BCUT2D eigenvalue weighted by molar-refractivity contribution is 7.90. The number of carboxylic acids is 1. The van der Waals surface area contributed by atoms with E-state index in [1.165, 1.54) is 0 Å². The molecule has 1 aliphatic carbocycles. The zero-order valence-corrected chi connectivity index (χ0v) is 26.2. The maximum absolute atomic E-state index is 13.1. The van der Waals surface area contributed by atoms with Gasteiger partial charge in [0, 0.05) is 18.7 Å². The minimum Gasteiger partial charge on any atom is -0.480 e. The molecule has 0 spiro atoms. The molecule has 0 unspecified atom stereocenters. The Morgan fingerprint density at radius 3 is 2.00 bits per heavy atom. The lowest BCUT2D eigenvalue weighted by atomic mass is 9.98. The number of rotatable bonds is 14. The molecule has 2 aromatic carbocycles. The Morgan fingerprint density at radius 1 is 0.864 bits per heavy atom. The molecule has 0 aromatic heterocycles. The van der Waals surface area contributed by atoms with E-state index >= 15 is 0 Å². The number of carbonyl (C=O) groups is 4. The Morgan fingerprint density at radius 2 is 1.45 bits per heavy atom. The van der Waals surface area contributed by atoms with Crippen LogP contribution in [0.1, 0.15) is 63.5 Å². The molecule has 4 N–H and O–H groups in total. The first-order chi connectivity index (χ1) is 20.6. The summed E-state index contributed by atoms with van der Waals surface area (Å²) in [4.78, 5) is 49.6. The molecule has 240 valence electrons. The molecule has 3 rings (SSSR count). The van der Waals surface area contributed by atoms with Crippen LogP contribution in [-0.2, 0) is 28.9 Å². The maximum atomic E-state index is 13.1. The van der Waals surface area contributed by atoms with Crippen LogP contribution in [-0.4, -0.2) is 80.4 Å². The van der Waals surface area contributed by atoms with E-state index in [2.05, 4.69) is 16.0 Å². The number of ether oxygens (including phenoxy) is 2. The van der Waals surface area contributed by atoms with Crippen molar-refractivity contribution in [2.45, 2.75) is 70.1 Å². The Hall–Kier alpha value is -4.13. The van der Waals surface area contributed by atoms with Gasteiger partial charge in [0.1, 0.15) is 34.1 Å². The predicted molar refractivity (Wildman–Crippen MR) is 164 cm³/mol. The number of aliphatic carboxylic acids is 1. The molecule has 0 saturated heterocycles. The number of carbonyl (C=O) groups excluding carboxylic acids is 3. The lowest BCUT2D eigenvalue weighted by Crippen LogP contribution is -2.52. The van der Waals surface area contributed by atoms with Gasteiger partial charge in [0.2, 0.25) is 5.91 Å². The van der Waals surface area contributed by atoms with Crippen LogP contribution in [0.25, 0.3) is 11.1 Å². The van der Waals surface area contributed by atoms with Crippen molar-refractivity contribution in [2.75, 3.05) is 25.2 Å². The van der Waals surface area contributed by atoms with Gasteiger partial charge in [0.25, 0.3) is 0 Å². The van der Waals surface area contributed by atoms with Crippen LogP contribution >= 0.6 is 0 Å². The van der Waals surface area contributed by atoms with Crippen molar-refractivity contribution in [2.24, 2.45) is 0 Å². The number of fused-ring (bicyclic) bond motifs is 3. The van der Waals surface area contributed by atoms with E-state index in [1.54, 1.807) is 20.8 Å². The summed E-state index contributed by atoms with van der Waals surface area (Å²) in [6.45, 7) is 5.43. The van der Waals surface area contributed by atoms with Crippen LogP contribution in [0.15, 0.2) is 48.5 Å². The Balaban J connectivity index is 1.58. The molecule has 0 heterocycles. The van der Waals surface area contributed by atoms with Gasteiger partial charge in [-0.05, 0) is 68.7 Å². The minimum absolute atomic E-state index is 0.0185. The first-order valence-electron chi connectivity index (χ1n) is 14.4. The van der Waals surface area contributed by atoms with Crippen LogP contribution in [0.3, 0.4) is 0 Å². The zero-order chi connectivity index (χ0) is 32.5. The normalized spacial score (nSPS) is 14.0. The van der Waals surface area contributed by atoms with Crippen LogP contribution in [0, 0.1) is 0 Å². The molecule has 12 nitrogen and oxygen atoms in total. The second-order valence-electron chi connectivity index (χ2n) is 11.8. The van der Waals surface area contributed by atoms with Gasteiger partial charge in [0.15, 0.2) is 0 Å². The minimum atomic E-state index is -3.50.